The first-order valence-corrected chi connectivity index (χ1v) is 15.8. The van der Waals surface area contributed by atoms with Crippen LogP contribution in [0.3, 0.4) is 0 Å². The summed E-state index contributed by atoms with van der Waals surface area (Å²) in [6.45, 7) is 7.30. The lowest BCUT2D eigenvalue weighted by molar-refractivity contribution is -0.122. The number of anilines is 1. The highest BCUT2D eigenvalue weighted by Crippen LogP contribution is 2.37. The number of sulfonamides is 2. The van der Waals surface area contributed by atoms with Crippen LogP contribution in [0.25, 0.3) is 0 Å². The maximum absolute atomic E-state index is 14.5. The van der Waals surface area contributed by atoms with Crippen molar-refractivity contribution in [2.75, 3.05) is 4.90 Å². The van der Waals surface area contributed by atoms with Gasteiger partial charge in [0.15, 0.2) is 0 Å². The number of amides is 2. The van der Waals surface area contributed by atoms with Gasteiger partial charge in [0.1, 0.15) is 6.04 Å². The average molecular weight is 562 g/mol. The van der Waals surface area contributed by atoms with E-state index in [4.69, 9.17) is 5.14 Å². The van der Waals surface area contributed by atoms with Crippen LogP contribution in [0.1, 0.15) is 67.2 Å². The first-order valence-electron chi connectivity index (χ1n) is 12.9. The summed E-state index contributed by atoms with van der Waals surface area (Å²) in [5.74, 6) is -1.17. The Bertz CT molecular complexity index is 1450. The van der Waals surface area contributed by atoms with Crippen LogP contribution in [-0.2, 0) is 29.6 Å². The van der Waals surface area contributed by atoms with E-state index in [0.717, 1.165) is 41.7 Å². The minimum absolute atomic E-state index is 0.152. The molecule has 2 fully saturated rings. The minimum Gasteiger partial charge on any atom is -0.274 e. The maximum atomic E-state index is 14.5. The summed E-state index contributed by atoms with van der Waals surface area (Å²) in [4.78, 5) is 28.0. The standard InChI is InChI=1S/C27H35N3O6S2/c1-17-15-18(2)20(4)26(19(17)3)38(35,36)30(22-9-7-5-6-8-10-22)24-16-25(31)29(27(24)32)21-11-13-23(14-12-21)37(28,33)34/h11-15,22,24H,5-10,16H2,1-4H3,(H2,28,33,34). The molecule has 11 heteroatoms. The quantitative estimate of drug-likeness (QED) is 0.423. The average Bonchev–Trinajstić information content (AvgIpc) is 2.99. The number of nitrogens with two attached hydrogens (primary N) is 1. The highest BCUT2D eigenvalue weighted by Gasteiger charge is 2.50. The van der Waals surface area contributed by atoms with Crippen molar-refractivity contribution in [2.24, 2.45) is 5.14 Å². The zero-order valence-electron chi connectivity index (χ0n) is 22.2. The molecule has 1 atom stereocenters. The van der Waals surface area contributed by atoms with E-state index in [2.05, 4.69) is 0 Å². The lowest BCUT2D eigenvalue weighted by Gasteiger charge is -2.35. The van der Waals surface area contributed by atoms with Gasteiger partial charge in [-0.2, -0.15) is 4.31 Å². The van der Waals surface area contributed by atoms with Crippen molar-refractivity contribution < 1.29 is 26.4 Å². The molecule has 0 bridgehead atoms. The van der Waals surface area contributed by atoms with Crippen LogP contribution >= 0.6 is 0 Å². The lowest BCUT2D eigenvalue weighted by atomic mass is 10.0. The van der Waals surface area contributed by atoms with E-state index in [1.807, 2.05) is 19.9 Å². The zero-order valence-corrected chi connectivity index (χ0v) is 23.9. The van der Waals surface area contributed by atoms with Crippen molar-refractivity contribution in [3.63, 3.8) is 0 Å². The molecule has 1 saturated carbocycles. The van der Waals surface area contributed by atoms with Gasteiger partial charge in [-0.25, -0.2) is 26.9 Å². The van der Waals surface area contributed by atoms with Crippen LogP contribution in [0.2, 0.25) is 0 Å². The van der Waals surface area contributed by atoms with Gasteiger partial charge in [0, 0.05) is 6.04 Å². The van der Waals surface area contributed by atoms with Gasteiger partial charge in [0.2, 0.25) is 26.0 Å². The third-order valence-electron chi connectivity index (χ3n) is 7.87. The molecular weight excluding hydrogens is 526 g/mol. The second-order valence-corrected chi connectivity index (χ2v) is 13.7. The lowest BCUT2D eigenvalue weighted by Crippen LogP contribution is -2.51. The maximum Gasteiger partial charge on any atom is 0.252 e. The fourth-order valence-electron chi connectivity index (χ4n) is 5.67. The topological polar surface area (TPSA) is 135 Å². The van der Waals surface area contributed by atoms with E-state index in [-0.39, 0.29) is 21.9 Å². The molecule has 0 radical (unpaired) electrons. The summed E-state index contributed by atoms with van der Waals surface area (Å²) >= 11 is 0. The Morgan fingerprint density at radius 3 is 1.87 bits per heavy atom. The Labute approximate surface area is 225 Å². The van der Waals surface area contributed by atoms with E-state index in [1.54, 1.807) is 13.8 Å². The molecule has 2 aromatic carbocycles. The fraction of sp³-hybridized carbons (Fsp3) is 0.481. The van der Waals surface area contributed by atoms with Gasteiger partial charge < -0.3 is 0 Å². The van der Waals surface area contributed by atoms with Gasteiger partial charge in [-0.05, 0) is 87.1 Å². The van der Waals surface area contributed by atoms with Crippen molar-refractivity contribution in [1.82, 2.24) is 4.31 Å². The normalized spacial score (nSPS) is 19.8. The van der Waals surface area contributed by atoms with Crippen LogP contribution in [0.4, 0.5) is 5.69 Å². The molecule has 0 spiro atoms. The molecule has 1 saturated heterocycles. The molecule has 1 heterocycles. The molecule has 1 aliphatic carbocycles. The smallest absolute Gasteiger partial charge is 0.252 e. The molecule has 2 aliphatic rings. The Morgan fingerprint density at radius 1 is 0.842 bits per heavy atom. The summed E-state index contributed by atoms with van der Waals surface area (Å²) in [7, 11) is -8.11. The third-order valence-corrected chi connectivity index (χ3v) is 11.0. The summed E-state index contributed by atoms with van der Waals surface area (Å²) < 4.78 is 53.6. The number of aryl methyl sites for hydroxylation is 2. The summed E-state index contributed by atoms with van der Waals surface area (Å²) in [6, 6.07) is 5.47. The van der Waals surface area contributed by atoms with Crippen molar-refractivity contribution >= 4 is 37.5 Å². The van der Waals surface area contributed by atoms with Crippen LogP contribution in [0.15, 0.2) is 40.1 Å². The molecule has 2 N–H and O–H groups in total. The van der Waals surface area contributed by atoms with Crippen molar-refractivity contribution in [3.05, 3.63) is 52.6 Å². The summed E-state index contributed by atoms with van der Waals surface area (Å²) in [5.41, 5.74) is 3.14. The number of hydrogen-bond acceptors (Lipinski definition) is 6. The summed E-state index contributed by atoms with van der Waals surface area (Å²) in [6.07, 6.45) is 4.61. The number of carbonyl (C=O) groups is 2. The molecule has 9 nitrogen and oxygen atoms in total. The zero-order chi connectivity index (χ0) is 28.0. The van der Waals surface area contributed by atoms with Gasteiger partial charge >= 0.3 is 0 Å². The van der Waals surface area contributed by atoms with Gasteiger partial charge in [-0.15, -0.1) is 0 Å². The monoisotopic (exact) mass is 561 g/mol. The number of carbonyl (C=O) groups excluding carboxylic acids is 2. The Kier molecular flexibility index (Phi) is 7.86. The SMILES string of the molecule is Cc1cc(C)c(C)c(S(=O)(=O)N(C2CCCCCC2)C2CC(=O)N(c3ccc(S(N)(=O)=O)cc3)C2=O)c1C. The molecule has 1 aliphatic heterocycles. The summed E-state index contributed by atoms with van der Waals surface area (Å²) in [5, 5.41) is 5.17. The number of imide groups is 1. The Morgan fingerprint density at radius 2 is 1.37 bits per heavy atom. The van der Waals surface area contributed by atoms with Crippen LogP contribution in [0.5, 0.6) is 0 Å². The number of hydrogen-bond donors (Lipinski definition) is 1. The highest BCUT2D eigenvalue weighted by atomic mass is 32.2. The molecule has 2 aromatic rings. The Balaban J connectivity index is 1.81. The van der Waals surface area contributed by atoms with Crippen molar-refractivity contribution in [3.8, 4) is 0 Å². The first kappa shape index (κ1) is 28.4. The van der Waals surface area contributed by atoms with Gasteiger partial charge in [-0.1, -0.05) is 31.7 Å². The molecule has 2 amide bonds. The van der Waals surface area contributed by atoms with E-state index in [1.165, 1.54) is 28.6 Å². The van der Waals surface area contributed by atoms with E-state index in [9.17, 15) is 26.4 Å². The number of nitrogens with zero attached hydrogens (tertiary/aromatic N) is 2. The third kappa shape index (κ3) is 5.16. The van der Waals surface area contributed by atoms with E-state index in [0.29, 0.717) is 24.0 Å². The number of rotatable bonds is 6. The molecular formula is C27H35N3O6S2. The molecule has 1 unspecified atom stereocenters. The second-order valence-electron chi connectivity index (χ2n) is 10.4. The van der Waals surface area contributed by atoms with Crippen LogP contribution < -0.4 is 10.0 Å². The molecule has 38 heavy (non-hydrogen) atoms. The number of benzene rings is 2. The van der Waals surface area contributed by atoms with E-state index < -0.39 is 43.9 Å². The van der Waals surface area contributed by atoms with Crippen LogP contribution in [0, 0.1) is 27.7 Å². The molecule has 0 aromatic heterocycles. The minimum atomic E-state index is -4.16. The predicted octanol–water partition coefficient (Wildman–Crippen LogP) is 3.61. The largest absolute Gasteiger partial charge is 0.274 e. The van der Waals surface area contributed by atoms with Gasteiger partial charge in [0.05, 0.1) is 21.9 Å². The second kappa shape index (κ2) is 10.5. The first-order chi connectivity index (χ1) is 17.7. The predicted molar refractivity (Wildman–Crippen MR) is 145 cm³/mol. The molecule has 206 valence electrons. The fourth-order valence-corrected chi connectivity index (χ4v) is 8.60. The van der Waals surface area contributed by atoms with Gasteiger partial charge in [0.25, 0.3) is 5.91 Å². The van der Waals surface area contributed by atoms with E-state index >= 15 is 0 Å². The van der Waals surface area contributed by atoms with Crippen LogP contribution in [-0.4, -0.2) is 45.0 Å². The Hall–Kier alpha value is -2.60. The number of primary sulfonamides is 1. The van der Waals surface area contributed by atoms with Gasteiger partial charge in [-0.3, -0.25) is 9.59 Å². The van der Waals surface area contributed by atoms with Crippen molar-refractivity contribution in [2.45, 2.75) is 94.5 Å². The molecule has 4 rings (SSSR count). The van der Waals surface area contributed by atoms with Crippen molar-refractivity contribution in [1.29, 1.82) is 0 Å². The highest BCUT2D eigenvalue weighted by molar-refractivity contribution is 7.89.